The number of amides is 2. The number of likely N-dealkylation sites (tertiary alicyclic amines) is 2. The molecule has 1 spiro atoms. The van der Waals surface area contributed by atoms with Crippen molar-refractivity contribution in [1.82, 2.24) is 20.0 Å². The van der Waals surface area contributed by atoms with Crippen LogP contribution in [0, 0.1) is 5.41 Å². The van der Waals surface area contributed by atoms with Crippen LogP contribution in [0.3, 0.4) is 0 Å². The molecule has 1 N–H and O–H groups in total. The van der Waals surface area contributed by atoms with Crippen molar-refractivity contribution in [2.45, 2.75) is 19.4 Å². The number of methoxy groups -OCH3 is 1. The molecule has 9 heteroatoms. The first-order valence-corrected chi connectivity index (χ1v) is 12.1. The number of carbonyl (C=O) groups is 1. The van der Waals surface area contributed by atoms with Crippen molar-refractivity contribution in [1.29, 1.82) is 0 Å². The van der Waals surface area contributed by atoms with Gasteiger partial charge in [0, 0.05) is 36.1 Å². The van der Waals surface area contributed by atoms with Gasteiger partial charge in [-0.3, -0.25) is 10.2 Å². The van der Waals surface area contributed by atoms with Crippen LogP contribution in [0.2, 0.25) is 5.02 Å². The molecule has 2 aliphatic heterocycles. The van der Waals surface area contributed by atoms with Crippen LogP contribution in [0.4, 0.5) is 10.6 Å². The summed E-state index contributed by atoms with van der Waals surface area (Å²) in [6.07, 6.45) is 2.17. The quantitative estimate of drug-likeness (QED) is 0.517. The molecule has 0 saturated carbocycles. The number of anilines is 1. The van der Waals surface area contributed by atoms with Crippen molar-refractivity contribution in [2.75, 3.05) is 38.6 Å². The molecule has 35 heavy (non-hydrogen) atoms. The third-order valence-corrected chi connectivity index (χ3v) is 6.95. The number of urea groups is 1. The van der Waals surface area contributed by atoms with E-state index < -0.39 is 0 Å². The fraction of sp³-hybridized carbons (Fsp3) is 0.346. The van der Waals surface area contributed by atoms with Gasteiger partial charge in [0.2, 0.25) is 5.88 Å². The maximum absolute atomic E-state index is 12.5. The number of hydrogen-bond acceptors (Lipinski definition) is 6. The molecule has 0 unspecified atom stereocenters. The lowest BCUT2D eigenvalue weighted by Gasteiger charge is -2.53. The molecule has 0 aliphatic carbocycles. The number of aromatic nitrogens is 2. The number of piperidine rings is 1. The van der Waals surface area contributed by atoms with E-state index in [4.69, 9.17) is 21.1 Å². The van der Waals surface area contributed by atoms with E-state index in [1.807, 2.05) is 41.3 Å². The summed E-state index contributed by atoms with van der Waals surface area (Å²) in [5, 5.41) is 11.4. The van der Waals surface area contributed by atoms with Gasteiger partial charge in [0.25, 0.3) is 0 Å². The van der Waals surface area contributed by atoms with E-state index in [0.717, 1.165) is 57.1 Å². The topological polar surface area (TPSA) is 79.8 Å². The molecular weight excluding hydrogens is 466 g/mol. The first-order chi connectivity index (χ1) is 17.0. The Morgan fingerprint density at radius 2 is 1.80 bits per heavy atom. The second-order valence-electron chi connectivity index (χ2n) is 9.23. The van der Waals surface area contributed by atoms with Crippen LogP contribution in [-0.2, 0) is 6.54 Å². The van der Waals surface area contributed by atoms with Crippen molar-refractivity contribution >= 4 is 23.4 Å². The number of benzene rings is 2. The van der Waals surface area contributed by atoms with E-state index in [-0.39, 0.29) is 11.4 Å². The van der Waals surface area contributed by atoms with Crippen LogP contribution in [0.1, 0.15) is 18.4 Å². The summed E-state index contributed by atoms with van der Waals surface area (Å²) in [4.78, 5) is 16.9. The van der Waals surface area contributed by atoms with Gasteiger partial charge in [-0.25, -0.2) is 4.79 Å². The van der Waals surface area contributed by atoms with E-state index >= 15 is 0 Å². The lowest BCUT2D eigenvalue weighted by atomic mass is 9.72. The van der Waals surface area contributed by atoms with Crippen LogP contribution in [0.25, 0.3) is 0 Å². The minimum absolute atomic E-state index is 0.130. The lowest BCUT2D eigenvalue weighted by molar-refractivity contribution is -0.0200. The standard InChI is InChI=1S/C26H28ClN5O3/c1-34-24-10-9-23(29-30-24)28-25(33)32-17-26(18-32)11-13-31(14-12-26)16-19-3-2-4-22(15-19)35-21-7-5-20(27)6-8-21/h2-10,15H,11-14,16-18H2,1H3,(H,28,29,33). The Morgan fingerprint density at radius 3 is 2.49 bits per heavy atom. The van der Waals surface area contributed by atoms with Gasteiger partial charge >= 0.3 is 6.03 Å². The summed E-state index contributed by atoms with van der Waals surface area (Å²) in [5.41, 5.74) is 1.45. The van der Waals surface area contributed by atoms with E-state index in [2.05, 4.69) is 32.5 Å². The first-order valence-electron chi connectivity index (χ1n) is 11.7. The number of halogens is 1. The molecule has 5 rings (SSSR count). The summed E-state index contributed by atoms with van der Waals surface area (Å²) < 4.78 is 11.0. The fourth-order valence-corrected chi connectivity index (χ4v) is 4.82. The van der Waals surface area contributed by atoms with Gasteiger partial charge in [0.15, 0.2) is 5.82 Å². The van der Waals surface area contributed by atoms with Crippen molar-refractivity contribution in [3.05, 3.63) is 71.2 Å². The molecule has 8 nitrogen and oxygen atoms in total. The molecule has 1 aromatic heterocycles. The molecule has 3 heterocycles. The molecule has 2 amide bonds. The Morgan fingerprint density at radius 1 is 1.03 bits per heavy atom. The maximum atomic E-state index is 12.5. The zero-order valence-electron chi connectivity index (χ0n) is 19.6. The summed E-state index contributed by atoms with van der Waals surface area (Å²) in [6.45, 7) is 4.47. The third-order valence-electron chi connectivity index (χ3n) is 6.69. The number of nitrogens with one attached hydrogen (secondary N) is 1. The van der Waals surface area contributed by atoms with Gasteiger partial charge in [-0.2, -0.15) is 0 Å². The number of nitrogens with zero attached hydrogens (tertiary/aromatic N) is 4. The van der Waals surface area contributed by atoms with Crippen LogP contribution in [0.5, 0.6) is 17.4 Å². The highest BCUT2D eigenvalue weighted by atomic mass is 35.5. The predicted octanol–water partition coefficient (Wildman–Crippen LogP) is 5.06. The first kappa shape index (κ1) is 23.4. The van der Waals surface area contributed by atoms with E-state index in [1.54, 1.807) is 12.1 Å². The molecule has 3 aromatic rings. The zero-order valence-corrected chi connectivity index (χ0v) is 20.4. The van der Waals surface area contributed by atoms with Gasteiger partial charge in [-0.1, -0.05) is 23.7 Å². The molecule has 182 valence electrons. The van der Waals surface area contributed by atoms with Crippen molar-refractivity contribution < 1.29 is 14.3 Å². The summed E-state index contributed by atoms with van der Waals surface area (Å²) in [5.74, 6) is 2.43. The maximum Gasteiger partial charge on any atom is 0.323 e. The largest absolute Gasteiger partial charge is 0.480 e. The van der Waals surface area contributed by atoms with Gasteiger partial charge in [-0.15, -0.1) is 10.2 Å². The van der Waals surface area contributed by atoms with E-state index in [9.17, 15) is 4.79 Å². The number of hydrogen-bond donors (Lipinski definition) is 1. The second-order valence-corrected chi connectivity index (χ2v) is 9.66. The van der Waals surface area contributed by atoms with Crippen molar-refractivity contribution in [3.8, 4) is 17.4 Å². The van der Waals surface area contributed by atoms with Gasteiger partial charge in [0.05, 0.1) is 7.11 Å². The van der Waals surface area contributed by atoms with E-state index in [0.29, 0.717) is 16.7 Å². The highest BCUT2D eigenvalue weighted by Crippen LogP contribution is 2.41. The van der Waals surface area contributed by atoms with Gasteiger partial charge in [-0.05, 0) is 74.0 Å². The summed E-state index contributed by atoms with van der Waals surface area (Å²) in [7, 11) is 1.53. The average Bonchev–Trinajstić information content (AvgIpc) is 2.85. The predicted molar refractivity (Wildman–Crippen MR) is 134 cm³/mol. The van der Waals surface area contributed by atoms with Crippen molar-refractivity contribution in [3.63, 3.8) is 0 Å². The lowest BCUT2D eigenvalue weighted by Crippen LogP contribution is -2.62. The SMILES string of the molecule is COc1ccc(NC(=O)N2CC3(CCN(Cc4cccc(Oc5ccc(Cl)cc5)c4)CC3)C2)nn1. The summed E-state index contributed by atoms with van der Waals surface area (Å²) in [6, 6.07) is 18.8. The highest BCUT2D eigenvalue weighted by Gasteiger charge is 2.46. The second kappa shape index (κ2) is 10.1. The Kier molecular flexibility index (Phi) is 6.74. The summed E-state index contributed by atoms with van der Waals surface area (Å²) >= 11 is 5.96. The Bertz CT molecular complexity index is 1160. The number of rotatable bonds is 6. The molecular formula is C26H28ClN5O3. The minimum atomic E-state index is -0.130. The Hall–Kier alpha value is -3.36. The third kappa shape index (κ3) is 5.66. The normalized spacial score (nSPS) is 17.0. The number of ether oxygens (including phenoxy) is 2. The molecule has 0 radical (unpaired) electrons. The number of carbonyl (C=O) groups excluding carboxylic acids is 1. The fourth-order valence-electron chi connectivity index (χ4n) is 4.70. The zero-order chi connectivity index (χ0) is 24.3. The molecule has 2 aromatic carbocycles. The molecule has 0 bridgehead atoms. The van der Waals surface area contributed by atoms with Crippen LogP contribution in [0.15, 0.2) is 60.7 Å². The van der Waals surface area contributed by atoms with Gasteiger partial charge < -0.3 is 14.4 Å². The highest BCUT2D eigenvalue weighted by molar-refractivity contribution is 6.30. The van der Waals surface area contributed by atoms with Crippen LogP contribution in [-0.4, -0.2) is 59.3 Å². The molecule has 0 atom stereocenters. The van der Waals surface area contributed by atoms with Crippen molar-refractivity contribution in [2.24, 2.45) is 5.41 Å². The smallest absolute Gasteiger partial charge is 0.323 e. The minimum Gasteiger partial charge on any atom is -0.480 e. The van der Waals surface area contributed by atoms with Gasteiger partial charge in [0.1, 0.15) is 11.5 Å². The Labute approximate surface area is 209 Å². The average molecular weight is 494 g/mol. The molecule has 2 aliphatic rings. The monoisotopic (exact) mass is 493 g/mol. The molecule has 2 fully saturated rings. The van der Waals surface area contributed by atoms with Crippen LogP contribution >= 0.6 is 11.6 Å². The van der Waals surface area contributed by atoms with E-state index in [1.165, 1.54) is 12.7 Å². The molecule has 2 saturated heterocycles. The Balaban J connectivity index is 1.08. The van der Waals surface area contributed by atoms with Crippen LogP contribution < -0.4 is 14.8 Å².